The predicted octanol–water partition coefficient (Wildman–Crippen LogP) is 1.92. The molecule has 1 heterocycles. The highest BCUT2D eigenvalue weighted by atomic mass is 19.4. The molecule has 1 aliphatic heterocycles. The third kappa shape index (κ3) is 4.98. The minimum absolute atomic E-state index is 0.0153. The van der Waals surface area contributed by atoms with Crippen LogP contribution in [0.3, 0.4) is 0 Å². The molecule has 0 saturated carbocycles. The minimum atomic E-state index is -4.74. The SMILES string of the molecule is COc1cc(OC(F)(F)F)ccc1[C@H](CCO)N1CCNCC1. The molecule has 1 aromatic carbocycles. The maximum absolute atomic E-state index is 12.3. The molecule has 1 aromatic rings. The molecule has 23 heavy (non-hydrogen) atoms. The maximum Gasteiger partial charge on any atom is 0.573 e. The summed E-state index contributed by atoms with van der Waals surface area (Å²) in [7, 11) is 1.41. The van der Waals surface area contributed by atoms with Crippen LogP contribution in [-0.4, -0.2) is 56.3 Å². The van der Waals surface area contributed by atoms with E-state index in [4.69, 9.17) is 4.74 Å². The van der Waals surface area contributed by atoms with Gasteiger partial charge in [0.1, 0.15) is 11.5 Å². The number of hydrogen-bond donors (Lipinski definition) is 2. The fraction of sp³-hybridized carbons (Fsp3) is 0.600. The number of aliphatic hydroxyl groups excluding tert-OH is 1. The summed E-state index contributed by atoms with van der Waals surface area (Å²) in [5.41, 5.74) is 0.748. The van der Waals surface area contributed by atoms with E-state index in [1.54, 1.807) is 6.07 Å². The second-order valence-electron chi connectivity index (χ2n) is 5.27. The number of benzene rings is 1. The summed E-state index contributed by atoms with van der Waals surface area (Å²) in [6, 6.07) is 3.97. The van der Waals surface area contributed by atoms with E-state index >= 15 is 0 Å². The molecule has 0 unspecified atom stereocenters. The Kier molecular flexibility index (Phi) is 6.09. The number of alkyl halides is 3. The van der Waals surface area contributed by atoms with Crippen LogP contribution in [0, 0.1) is 0 Å². The Labute approximate surface area is 133 Å². The number of methoxy groups -OCH3 is 1. The molecule has 130 valence electrons. The summed E-state index contributed by atoms with van der Waals surface area (Å²) in [5, 5.41) is 12.6. The summed E-state index contributed by atoms with van der Waals surface area (Å²) in [6.07, 6.45) is -4.26. The molecule has 1 saturated heterocycles. The fourth-order valence-corrected chi connectivity index (χ4v) is 2.81. The molecule has 1 aliphatic rings. The Morgan fingerprint density at radius 1 is 1.30 bits per heavy atom. The maximum atomic E-state index is 12.3. The highest BCUT2D eigenvalue weighted by Gasteiger charge is 2.32. The number of piperazine rings is 1. The zero-order chi connectivity index (χ0) is 16.9. The first-order chi connectivity index (χ1) is 10.9. The van der Waals surface area contributed by atoms with Crippen LogP contribution in [-0.2, 0) is 0 Å². The Balaban J connectivity index is 2.26. The quantitative estimate of drug-likeness (QED) is 0.832. The molecule has 8 heteroatoms. The van der Waals surface area contributed by atoms with Crippen molar-refractivity contribution in [3.8, 4) is 11.5 Å². The zero-order valence-electron chi connectivity index (χ0n) is 12.9. The smallest absolute Gasteiger partial charge is 0.496 e. The third-order valence-corrected chi connectivity index (χ3v) is 3.79. The van der Waals surface area contributed by atoms with Gasteiger partial charge in [0.15, 0.2) is 0 Å². The number of aliphatic hydroxyl groups is 1. The van der Waals surface area contributed by atoms with Gasteiger partial charge in [-0.25, -0.2) is 0 Å². The van der Waals surface area contributed by atoms with Gasteiger partial charge in [-0.05, 0) is 12.5 Å². The van der Waals surface area contributed by atoms with Gasteiger partial charge < -0.3 is 19.9 Å². The van der Waals surface area contributed by atoms with Gasteiger partial charge in [-0.1, -0.05) is 6.07 Å². The molecule has 0 aliphatic carbocycles. The van der Waals surface area contributed by atoms with Gasteiger partial charge in [0.05, 0.1) is 7.11 Å². The summed E-state index contributed by atoms with van der Waals surface area (Å²) >= 11 is 0. The van der Waals surface area contributed by atoms with Crippen molar-refractivity contribution < 1.29 is 27.8 Å². The summed E-state index contributed by atoms with van der Waals surface area (Å²) in [6.45, 7) is 3.25. The van der Waals surface area contributed by atoms with Gasteiger partial charge >= 0.3 is 6.36 Å². The first-order valence-corrected chi connectivity index (χ1v) is 7.44. The van der Waals surface area contributed by atoms with E-state index in [1.165, 1.54) is 19.2 Å². The normalized spacial score (nSPS) is 17.8. The highest BCUT2D eigenvalue weighted by Crippen LogP contribution is 2.36. The van der Waals surface area contributed by atoms with Crippen LogP contribution in [0.4, 0.5) is 13.2 Å². The molecule has 0 bridgehead atoms. The lowest BCUT2D eigenvalue weighted by atomic mass is 10.00. The fourth-order valence-electron chi connectivity index (χ4n) is 2.81. The van der Waals surface area contributed by atoms with Gasteiger partial charge in [0, 0.05) is 50.5 Å². The molecular weight excluding hydrogens is 313 g/mol. The van der Waals surface area contributed by atoms with Crippen molar-refractivity contribution in [2.24, 2.45) is 0 Å². The molecule has 5 nitrogen and oxygen atoms in total. The lowest BCUT2D eigenvalue weighted by molar-refractivity contribution is -0.274. The van der Waals surface area contributed by atoms with E-state index in [9.17, 15) is 18.3 Å². The monoisotopic (exact) mass is 334 g/mol. The predicted molar refractivity (Wildman–Crippen MR) is 78.6 cm³/mol. The second kappa shape index (κ2) is 7.85. The standard InChI is InChI=1S/C15H21F3N2O3/c1-22-14-10-11(23-15(16,17)18)2-3-12(14)13(4-9-21)20-7-5-19-6-8-20/h2-3,10,13,19,21H,4-9H2,1H3/t13-/m0/s1. The van der Waals surface area contributed by atoms with Crippen molar-refractivity contribution in [2.45, 2.75) is 18.8 Å². The number of rotatable bonds is 6. The largest absolute Gasteiger partial charge is 0.573 e. The topological polar surface area (TPSA) is 54.0 Å². The van der Waals surface area contributed by atoms with Gasteiger partial charge in [-0.15, -0.1) is 13.2 Å². The number of hydrogen-bond acceptors (Lipinski definition) is 5. The van der Waals surface area contributed by atoms with E-state index < -0.39 is 6.36 Å². The summed E-state index contributed by atoms with van der Waals surface area (Å²) in [4.78, 5) is 2.19. The van der Waals surface area contributed by atoms with E-state index in [2.05, 4.69) is 15.0 Å². The average Bonchev–Trinajstić information content (AvgIpc) is 2.52. The lowest BCUT2D eigenvalue weighted by Crippen LogP contribution is -2.45. The van der Waals surface area contributed by atoms with Crippen LogP contribution in [0.15, 0.2) is 18.2 Å². The van der Waals surface area contributed by atoms with E-state index in [0.29, 0.717) is 12.2 Å². The Morgan fingerprint density at radius 2 is 2.00 bits per heavy atom. The average molecular weight is 334 g/mol. The lowest BCUT2D eigenvalue weighted by Gasteiger charge is -2.35. The van der Waals surface area contributed by atoms with Gasteiger partial charge in [0.2, 0.25) is 0 Å². The third-order valence-electron chi connectivity index (χ3n) is 3.79. The van der Waals surface area contributed by atoms with E-state index in [1.807, 2.05) is 0 Å². The molecule has 0 aromatic heterocycles. The second-order valence-corrected chi connectivity index (χ2v) is 5.27. The molecule has 1 fully saturated rings. The highest BCUT2D eigenvalue weighted by molar-refractivity contribution is 5.42. The molecule has 0 amide bonds. The molecule has 0 radical (unpaired) electrons. The molecule has 2 N–H and O–H groups in total. The van der Waals surface area contributed by atoms with Crippen molar-refractivity contribution in [2.75, 3.05) is 39.9 Å². The van der Waals surface area contributed by atoms with Crippen molar-refractivity contribution in [1.82, 2.24) is 10.2 Å². The Hall–Kier alpha value is -1.51. The molecule has 2 rings (SSSR count). The van der Waals surface area contributed by atoms with E-state index in [0.717, 1.165) is 31.7 Å². The van der Waals surface area contributed by atoms with Crippen LogP contribution in [0.1, 0.15) is 18.0 Å². The number of ether oxygens (including phenoxy) is 2. The summed E-state index contributed by atoms with van der Waals surface area (Å²) in [5.74, 6) is 0.00453. The van der Waals surface area contributed by atoms with Crippen LogP contribution in [0.25, 0.3) is 0 Å². The van der Waals surface area contributed by atoms with Crippen molar-refractivity contribution in [3.63, 3.8) is 0 Å². The number of nitrogens with one attached hydrogen (secondary N) is 1. The van der Waals surface area contributed by atoms with Crippen molar-refractivity contribution >= 4 is 0 Å². The van der Waals surface area contributed by atoms with Gasteiger partial charge in [-0.3, -0.25) is 4.90 Å². The first kappa shape index (κ1) is 17.8. The minimum Gasteiger partial charge on any atom is -0.496 e. The van der Waals surface area contributed by atoms with Crippen molar-refractivity contribution in [1.29, 1.82) is 0 Å². The first-order valence-electron chi connectivity index (χ1n) is 7.44. The van der Waals surface area contributed by atoms with Crippen LogP contribution < -0.4 is 14.8 Å². The molecule has 0 spiro atoms. The summed E-state index contributed by atoms with van der Waals surface area (Å²) < 4.78 is 46.2. The Bertz CT molecular complexity index is 505. The number of nitrogens with zero attached hydrogens (tertiary/aromatic N) is 1. The van der Waals surface area contributed by atoms with Crippen LogP contribution in [0.2, 0.25) is 0 Å². The van der Waals surface area contributed by atoms with Crippen molar-refractivity contribution in [3.05, 3.63) is 23.8 Å². The van der Waals surface area contributed by atoms with Crippen LogP contribution >= 0.6 is 0 Å². The van der Waals surface area contributed by atoms with Gasteiger partial charge in [0.25, 0.3) is 0 Å². The van der Waals surface area contributed by atoms with E-state index in [-0.39, 0.29) is 18.4 Å². The molecule has 1 atom stereocenters. The Morgan fingerprint density at radius 3 is 2.57 bits per heavy atom. The zero-order valence-corrected chi connectivity index (χ0v) is 12.9. The molecular formula is C15H21F3N2O3. The van der Waals surface area contributed by atoms with Crippen LogP contribution in [0.5, 0.6) is 11.5 Å². The van der Waals surface area contributed by atoms with Gasteiger partial charge in [-0.2, -0.15) is 0 Å². The number of halogens is 3.